The van der Waals surface area contributed by atoms with E-state index < -0.39 is 5.79 Å². The monoisotopic (exact) mass is 334 g/mol. The molecule has 0 fully saturated rings. The largest absolute Gasteiger partial charge is 0.465 e. The van der Waals surface area contributed by atoms with Crippen LogP contribution in [0, 0.1) is 0 Å². The molecule has 0 bridgehead atoms. The van der Waals surface area contributed by atoms with E-state index in [-0.39, 0.29) is 0 Å². The first kappa shape index (κ1) is 20.7. The van der Waals surface area contributed by atoms with Gasteiger partial charge in [0.15, 0.2) is 5.79 Å². The molecule has 0 spiro atoms. The summed E-state index contributed by atoms with van der Waals surface area (Å²) in [5.41, 5.74) is 0. The van der Waals surface area contributed by atoms with Crippen LogP contribution in [0.25, 0.3) is 0 Å². The fourth-order valence-corrected chi connectivity index (χ4v) is 2.58. The summed E-state index contributed by atoms with van der Waals surface area (Å²) in [5, 5.41) is 10.5. The fourth-order valence-electron chi connectivity index (χ4n) is 2.58. The summed E-state index contributed by atoms with van der Waals surface area (Å²) in [6.07, 6.45) is 13.4. The standard InChI is InChI=1S/C21H34O3/c1-3-5-6-7-8-9-13-17-21(22,4-2)24-19-14-18-23-20-15-11-10-12-16-20/h10-12,14-16,18,22H,3-9,13,17,19H2,1-2H3. The van der Waals surface area contributed by atoms with E-state index in [2.05, 4.69) is 6.92 Å². The predicted octanol–water partition coefficient (Wildman–Crippen LogP) is 5.84. The maximum atomic E-state index is 10.5. The summed E-state index contributed by atoms with van der Waals surface area (Å²) in [4.78, 5) is 0. The first-order valence-corrected chi connectivity index (χ1v) is 9.43. The molecule has 0 aromatic heterocycles. The molecule has 1 atom stereocenters. The number of ether oxygens (including phenoxy) is 2. The molecule has 0 aliphatic carbocycles. The minimum atomic E-state index is -1.01. The van der Waals surface area contributed by atoms with Gasteiger partial charge in [-0.25, -0.2) is 0 Å². The smallest absolute Gasteiger partial charge is 0.165 e. The number of para-hydroxylation sites is 1. The van der Waals surface area contributed by atoms with Crippen molar-refractivity contribution in [1.29, 1.82) is 0 Å². The van der Waals surface area contributed by atoms with Crippen LogP contribution in [-0.4, -0.2) is 17.5 Å². The number of hydrogen-bond acceptors (Lipinski definition) is 3. The minimum absolute atomic E-state index is 0.355. The third-order valence-electron chi connectivity index (χ3n) is 4.22. The summed E-state index contributed by atoms with van der Waals surface area (Å²) >= 11 is 0. The Kier molecular flexibility index (Phi) is 11.2. The fraction of sp³-hybridized carbons (Fsp3) is 0.619. The van der Waals surface area contributed by atoms with E-state index in [1.54, 1.807) is 12.3 Å². The lowest BCUT2D eigenvalue weighted by atomic mass is 10.0. The molecule has 3 nitrogen and oxygen atoms in total. The van der Waals surface area contributed by atoms with Crippen LogP contribution >= 0.6 is 0 Å². The van der Waals surface area contributed by atoms with Gasteiger partial charge in [0.05, 0.1) is 12.9 Å². The van der Waals surface area contributed by atoms with Crippen LogP contribution in [0.15, 0.2) is 42.7 Å². The zero-order chi connectivity index (χ0) is 17.5. The summed E-state index contributed by atoms with van der Waals surface area (Å²) < 4.78 is 11.1. The Labute approximate surface area is 147 Å². The van der Waals surface area contributed by atoms with Crippen molar-refractivity contribution in [2.75, 3.05) is 6.61 Å². The average Bonchev–Trinajstić information content (AvgIpc) is 2.61. The molecular formula is C21H34O3. The van der Waals surface area contributed by atoms with Gasteiger partial charge in [0.25, 0.3) is 0 Å². The lowest BCUT2D eigenvalue weighted by Crippen LogP contribution is -2.31. The molecule has 1 N–H and O–H groups in total. The van der Waals surface area contributed by atoms with Gasteiger partial charge in [0.2, 0.25) is 0 Å². The highest BCUT2D eigenvalue weighted by atomic mass is 16.6. The Morgan fingerprint density at radius 2 is 1.62 bits per heavy atom. The van der Waals surface area contributed by atoms with Crippen LogP contribution in [0.4, 0.5) is 0 Å². The van der Waals surface area contributed by atoms with Crippen molar-refractivity contribution < 1.29 is 14.6 Å². The summed E-state index contributed by atoms with van der Waals surface area (Å²) in [6.45, 7) is 4.55. The van der Waals surface area contributed by atoms with Crippen molar-refractivity contribution in [1.82, 2.24) is 0 Å². The van der Waals surface area contributed by atoms with E-state index in [9.17, 15) is 5.11 Å². The molecule has 0 saturated carbocycles. The zero-order valence-corrected chi connectivity index (χ0v) is 15.4. The summed E-state index contributed by atoms with van der Waals surface area (Å²) in [5.74, 6) is -0.219. The van der Waals surface area contributed by atoms with Crippen molar-refractivity contribution in [3.8, 4) is 5.75 Å². The molecule has 0 radical (unpaired) electrons. The molecule has 0 saturated heterocycles. The lowest BCUT2D eigenvalue weighted by Gasteiger charge is -2.26. The number of unbranched alkanes of at least 4 members (excludes halogenated alkanes) is 6. The topological polar surface area (TPSA) is 38.7 Å². The second-order valence-electron chi connectivity index (χ2n) is 6.28. The van der Waals surface area contributed by atoms with Crippen LogP contribution in [0.1, 0.15) is 71.6 Å². The van der Waals surface area contributed by atoms with Crippen LogP contribution in [-0.2, 0) is 4.74 Å². The van der Waals surface area contributed by atoms with Gasteiger partial charge in [-0.1, -0.05) is 70.6 Å². The van der Waals surface area contributed by atoms with Crippen LogP contribution in [0.2, 0.25) is 0 Å². The normalized spacial score (nSPS) is 14.0. The van der Waals surface area contributed by atoms with Gasteiger partial charge in [-0.3, -0.25) is 0 Å². The van der Waals surface area contributed by atoms with E-state index in [0.29, 0.717) is 19.4 Å². The molecule has 1 aromatic rings. The van der Waals surface area contributed by atoms with Crippen molar-refractivity contribution in [2.45, 2.75) is 77.4 Å². The number of aliphatic hydroxyl groups is 1. The summed E-state index contributed by atoms with van der Waals surface area (Å²) in [6, 6.07) is 9.60. The third kappa shape index (κ3) is 9.74. The molecule has 1 aromatic carbocycles. The second-order valence-corrected chi connectivity index (χ2v) is 6.28. The van der Waals surface area contributed by atoms with E-state index in [1.165, 1.54) is 38.5 Å². The zero-order valence-electron chi connectivity index (χ0n) is 15.4. The Hall–Kier alpha value is -1.32. The Balaban J connectivity index is 2.15. The number of benzene rings is 1. The van der Waals surface area contributed by atoms with Crippen molar-refractivity contribution in [2.24, 2.45) is 0 Å². The predicted molar refractivity (Wildman–Crippen MR) is 100 cm³/mol. The molecular weight excluding hydrogens is 300 g/mol. The van der Waals surface area contributed by atoms with Crippen LogP contribution in [0.5, 0.6) is 5.75 Å². The quantitative estimate of drug-likeness (QED) is 0.264. The molecule has 3 heteroatoms. The van der Waals surface area contributed by atoms with Gasteiger partial charge in [0, 0.05) is 6.42 Å². The number of hydrogen-bond donors (Lipinski definition) is 1. The third-order valence-corrected chi connectivity index (χ3v) is 4.22. The van der Waals surface area contributed by atoms with E-state index in [1.807, 2.05) is 37.3 Å². The highest BCUT2D eigenvalue weighted by Gasteiger charge is 2.24. The Morgan fingerprint density at radius 3 is 2.29 bits per heavy atom. The molecule has 1 rings (SSSR count). The van der Waals surface area contributed by atoms with Crippen LogP contribution < -0.4 is 4.74 Å². The second kappa shape index (κ2) is 13.0. The van der Waals surface area contributed by atoms with Crippen molar-refractivity contribution >= 4 is 0 Å². The van der Waals surface area contributed by atoms with Gasteiger partial charge in [-0.05, 0) is 31.1 Å². The highest BCUT2D eigenvalue weighted by molar-refractivity contribution is 5.21. The molecule has 1 unspecified atom stereocenters. The van der Waals surface area contributed by atoms with Crippen molar-refractivity contribution in [3.63, 3.8) is 0 Å². The maximum absolute atomic E-state index is 10.5. The van der Waals surface area contributed by atoms with Crippen molar-refractivity contribution in [3.05, 3.63) is 42.7 Å². The van der Waals surface area contributed by atoms with Gasteiger partial charge < -0.3 is 14.6 Å². The SMILES string of the molecule is CCCCCCCCCC(O)(CC)OCC=COc1ccccc1. The molecule has 0 aliphatic heterocycles. The first-order valence-electron chi connectivity index (χ1n) is 9.43. The van der Waals surface area contributed by atoms with E-state index in [4.69, 9.17) is 9.47 Å². The molecule has 0 heterocycles. The number of rotatable bonds is 14. The lowest BCUT2D eigenvalue weighted by molar-refractivity contribution is -0.203. The van der Waals surface area contributed by atoms with Gasteiger partial charge in [-0.15, -0.1) is 0 Å². The van der Waals surface area contributed by atoms with Crippen LogP contribution in [0.3, 0.4) is 0 Å². The molecule has 0 aliphatic rings. The van der Waals surface area contributed by atoms with E-state index >= 15 is 0 Å². The first-order chi connectivity index (χ1) is 11.7. The van der Waals surface area contributed by atoms with E-state index in [0.717, 1.165) is 12.2 Å². The van der Waals surface area contributed by atoms with Gasteiger partial charge in [-0.2, -0.15) is 0 Å². The van der Waals surface area contributed by atoms with Gasteiger partial charge >= 0.3 is 0 Å². The average molecular weight is 335 g/mol. The molecule has 136 valence electrons. The molecule has 24 heavy (non-hydrogen) atoms. The summed E-state index contributed by atoms with van der Waals surface area (Å²) in [7, 11) is 0. The highest BCUT2D eigenvalue weighted by Crippen LogP contribution is 2.21. The Morgan fingerprint density at radius 1 is 0.958 bits per heavy atom. The maximum Gasteiger partial charge on any atom is 0.165 e. The molecule has 0 amide bonds. The van der Waals surface area contributed by atoms with Gasteiger partial charge in [0.1, 0.15) is 5.75 Å². The minimum Gasteiger partial charge on any atom is -0.465 e. The Bertz CT molecular complexity index is 430.